The van der Waals surface area contributed by atoms with Gasteiger partial charge < -0.3 is 16.0 Å². The smallest absolute Gasteiger partial charge is 0.260 e. The topological polar surface area (TPSA) is 105 Å². The van der Waals surface area contributed by atoms with E-state index in [4.69, 9.17) is 0 Å². The molecule has 0 spiro atoms. The molecule has 1 aliphatic carbocycles. The Kier molecular flexibility index (Phi) is 4.72. The Hall–Kier alpha value is -3.59. The van der Waals surface area contributed by atoms with Gasteiger partial charge in [0.1, 0.15) is 16.6 Å². The molecule has 1 aliphatic rings. The predicted molar refractivity (Wildman–Crippen MR) is 119 cm³/mol. The lowest BCUT2D eigenvalue weighted by Gasteiger charge is -2.09. The molecule has 5 rings (SSSR count). The maximum atomic E-state index is 12.9. The average Bonchev–Trinajstić information content (AvgIpc) is 3.50. The molecule has 30 heavy (non-hydrogen) atoms. The highest BCUT2D eigenvalue weighted by Crippen LogP contribution is 2.29. The minimum Gasteiger partial charge on any atom is -0.367 e. The van der Waals surface area contributed by atoms with E-state index in [0.29, 0.717) is 33.8 Å². The highest BCUT2D eigenvalue weighted by molar-refractivity contribution is 7.10. The van der Waals surface area contributed by atoms with Crippen LogP contribution in [0.4, 0.5) is 22.3 Å². The molecule has 150 valence electrons. The number of anilines is 4. The van der Waals surface area contributed by atoms with E-state index in [-0.39, 0.29) is 5.91 Å². The maximum Gasteiger partial charge on any atom is 0.260 e. The Labute approximate surface area is 177 Å². The Balaban J connectivity index is 1.34. The number of carbonyl (C=O) groups excluding carboxylic acids is 1. The number of aromatic nitrogens is 4. The van der Waals surface area contributed by atoms with Crippen molar-refractivity contribution in [2.75, 3.05) is 16.0 Å². The largest absolute Gasteiger partial charge is 0.367 e. The number of aryl methyl sites for hydroxylation is 1. The summed E-state index contributed by atoms with van der Waals surface area (Å²) in [6, 6.07) is 11.9. The third-order valence-corrected chi connectivity index (χ3v) is 5.58. The van der Waals surface area contributed by atoms with Gasteiger partial charge in [-0.15, -0.1) is 0 Å². The first-order valence-electron chi connectivity index (χ1n) is 9.65. The Morgan fingerprint density at radius 1 is 1.03 bits per heavy atom. The fourth-order valence-electron chi connectivity index (χ4n) is 3.04. The molecule has 3 heterocycles. The van der Waals surface area contributed by atoms with E-state index < -0.39 is 0 Å². The van der Waals surface area contributed by atoms with E-state index in [0.717, 1.165) is 16.9 Å². The van der Waals surface area contributed by atoms with Crippen molar-refractivity contribution in [3.63, 3.8) is 0 Å². The molecule has 1 amide bonds. The highest BCUT2D eigenvalue weighted by Gasteiger charge is 2.22. The molecule has 1 saturated carbocycles. The van der Waals surface area contributed by atoms with Crippen molar-refractivity contribution in [1.82, 2.24) is 19.3 Å². The molecule has 0 aliphatic heterocycles. The second-order valence-corrected chi connectivity index (χ2v) is 7.92. The van der Waals surface area contributed by atoms with E-state index in [1.54, 1.807) is 12.4 Å². The Morgan fingerprint density at radius 3 is 2.63 bits per heavy atom. The van der Waals surface area contributed by atoms with Crippen molar-refractivity contribution in [2.45, 2.75) is 25.8 Å². The first-order chi connectivity index (χ1) is 14.7. The van der Waals surface area contributed by atoms with Crippen LogP contribution < -0.4 is 16.0 Å². The van der Waals surface area contributed by atoms with Gasteiger partial charge in [-0.1, -0.05) is 12.1 Å². The number of nitrogens with zero attached hydrogens (tertiary/aromatic N) is 4. The Morgan fingerprint density at radius 2 is 1.87 bits per heavy atom. The fraction of sp³-hybridized carbons (Fsp3) is 0.190. The lowest BCUT2D eigenvalue weighted by Crippen LogP contribution is -2.14. The van der Waals surface area contributed by atoms with Gasteiger partial charge in [0.05, 0.1) is 40.4 Å². The van der Waals surface area contributed by atoms with Crippen LogP contribution in [0.2, 0.25) is 0 Å². The second kappa shape index (κ2) is 7.68. The van der Waals surface area contributed by atoms with E-state index in [2.05, 4.69) is 35.3 Å². The molecule has 3 aromatic heterocycles. The zero-order valence-corrected chi connectivity index (χ0v) is 17.0. The number of benzene rings is 1. The van der Waals surface area contributed by atoms with Crippen LogP contribution in [0, 0.1) is 6.92 Å². The van der Waals surface area contributed by atoms with Gasteiger partial charge >= 0.3 is 0 Å². The van der Waals surface area contributed by atoms with E-state index in [9.17, 15) is 4.79 Å². The zero-order valence-electron chi connectivity index (χ0n) is 16.2. The van der Waals surface area contributed by atoms with Gasteiger partial charge in [0.25, 0.3) is 5.91 Å². The average molecular weight is 417 g/mol. The predicted octanol–water partition coefficient (Wildman–Crippen LogP) is 4.36. The summed E-state index contributed by atoms with van der Waals surface area (Å²) < 4.78 is 4.34. The summed E-state index contributed by atoms with van der Waals surface area (Å²) in [6.07, 6.45) is 5.66. The van der Waals surface area contributed by atoms with Gasteiger partial charge in [-0.05, 0) is 55.6 Å². The molecule has 3 N–H and O–H groups in total. The summed E-state index contributed by atoms with van der Waals surface area (Å²) in [6.45, 7) is 1.81. The minimum atomic E-state index is -0.248. The monoisotopic (exact) mass is 417 g/mol. The molecule has 0 saturated heterocycles. The zero-order chi connectivity index (χ0) is 20.5. The SMILES string of the molecule is Cc1nsc(Nc2cnc3ccccc3n2)c1C(=O)Nc1ccc(NC2CC2)nc1. The van der Waals surface area contributed by atoms with Crippen molar-refractivity contribution >= 4 is 50.8 Å². The number of hydrogen-bond donors (Lipinski definition) is 3. The molecule has 1 aromatic carbocycles. The van der Waals surface area contributed by atoms with Crippen LogP contribution in [-0.4, -0.2) is 31.3 Å². The van der Waals surface area contributed by atoms with Crippen LogP contribution in [0.5, 0.6) is 0 Å². The molecular formula is C21H19N7OS. The molecule has 0 atom stereocenters. The van der Waals surface area contributed by atoms with Crippen LogP contribution in [0.15, 0.2) is 48.8 Å². The third-order valence-electron chi connectivity index (χ3n) is 4.73. The summed E-state index contributed by atoms with van der Waals surface area (Å²) >= 11 is 1.22. The summed E-state index contributed by atoms with van der Waals surface area (Å²) in [7, 11) is 0. The summed E-state index contributed by atoms with van der Waals surface area (Å²) in [5.41, 5.74) is 3.35. The van der Waals surface area contributed by atoms with E-state index in [1.165, 1.54) is 24.4 Å². The first kappa shape index (κ1) is 18.4. The van der Waals surface area contributed by atoms with Crippen molar-refractivity contribution in [2.24, 2.45) is 0 Å². The van der Waals surface area contributed by atoms with E-state index >= 15 is 0 Å². The lowest BCUT2D eigenvalue weighted by atomic mass is 10.2. The molecule has 0 radical (unpaired) electrons. The minimum absolute atomic E-state index is 0.248. The molecule has 1 fully saturated rings. The van der Waals surface area contributed by atoms with Crippen molar-refractivity contribution < 1.29 is 4.79 Å². The van der Waals surface area contributed by atoms with Crippen LogP contribution in [0.25, 0.3) is 11.0 Å². The molecule has 9 heteroatoms. The van der Waals surface area contributed by atoms with Gasteiger partial charge in [0.2, 0.25) is 0 Å². The molecular weight excluding hydrogens is 398 g/mol. The number of fused-ring (bicyclic) bond motifs is 1. The Bertz CT molecular complexity index is 1220. The summed E-state index contributed by atoms with van der Waals surface area (Å²) in [5.74, 6) is 1.13. The number of carbonyl (C=O) groups is 1. The third kappa shape index (κ3) is 3.92. The van der Waals surface area contributed by atoms with Gasteiger partial charge in [-0.2, -0.15) is 4.37 Å². The van der Waals surface area contributed by atoms with Gasteiger partial charge in [0.15, 0.2) is 0 Å². The highest BCUT2D eigenvalue weighted by atomic mass is 32.1. The quantitative estimate of drug-likeness (QED) is 0.428. The van der Waals surface area contributed by atoms with Crippen molar-refractivity contribution in [3.8, 4) is 0 Å². The summed E-state index contributed by atoms with van der Waals surface area (Å²) in [4.78, 5) is 26.3. The number of nitrogens with one attached hydrogen (secondary N) is 3. The van der Waals surface area contributed by atoms with Crippen LogP contribution in [-0.2, 0) is 0 Å². The van der Waals surface area contributed by atoms with Crippen LogP contribution in [0.1, 0.15) is 28.9 Å². The number of para-hydroxylation sites is 2. The number of hydrogen-bond acceptors (Lipinski definition) is 8. The number of rotatable bonds is 6. The van der Waals surface area contributed by atoms with Gasteiger partial charge in [0, 0.05) is 6.04 Å². The number of pyridine rings is 1. The number of amides is 1. The molecule has 4 aromatic rings. The van der Waals surface area contributed by atoms with Crippen molar-refractivity contribution in [3.05, 3.63) is 60.0 Å². The first-order valence-corrected chi connectivity index (χ1v) is 10.4. The molecule has 0 unspecified atom stereocenters. The maximum absolute atomic E-state index is 12.9. The standard InChI is InChI=1S/C21H19N7OS/c1-12-19(20(29)25-14-8-9-17(23-10-14)24-13-6-7-13)21(30-28-12)27-18-11-22-15-4-2-3-5-16(15)26-18/h2-5,8-11,13H,6-7H2,1H3,(H,23,24)(H,25,29)(H,26,27). The lowest BCUT2D eigenvalue weighted by molar-refractivity contribution is 0.102. The van der Waals surface area contributed by atoms with Crippen LogP contribution >= 0.6 is 11.5 Å². The van der Waals surface area contributed by atoms with Gasteiger partial charge in [-0.25, -0.2) is 9.97 Å². The van der Waals surface area contributed by atoms with Crippen LogP contribution in [0.3, 0.4) is 0 Å². The molecule has 8 nitrogen and oxygen atoms in total. The molecule has 0 bridgehead atoms. The second-order valence-electron chi connectivity index (χ2n) is 7.15. The summed E-state index contributed by atoms with van der Waals surface area (Å²) in [5, 5.41) is 10.0. The normalized spacial score (nSPS) is 13.2. The van der Waals surface area contributed by atoms with Gasteiger partial charge in [-0.3, -0.25) is 9.78 Å². The fourth-order valence-corrected chi connectivity index (χ4v) is 3.84. The van der Waals surface area contributed by atoms with E-state index in [1.807, 2.05) is 43.3 Å². The van der Waals surface area contributed by atoms with Crippen molar-refractivity contribution in [1.29, 1.82) is 0 Å².